The van der Waals surface area contributed by atoms with Gasteiger partial charge in [0.15, 0.2) is 11.5 Å². The minimum absolute atomic E-state index is 0.0599. The van der Waals surface area contributed by atoms with E-state index >= 15 is 0 Å². The number of imide groups is 1. The SMILES string of the molecule is COc1cc(/C=C2\SC(=O)N(CC(=O)Nc3ccc(F)c(Cl)c3)C2=O)ccc1O. The lowest BCUT2D eigenvalue weighted by molar-refractivity contribution is -0.127. The Bertz CT molecular complexity index is 1040. The van der Waals surface area contributed by atoms with E-state index in [-0.39, 0.29) is 27.1 Å². The standard InChI is InChI=1S/C19H14ClFN2O5S/c1-28-15-6-10(2-5-14(15)24)7-16-18(26)23(19(27)29-16)9-17(25)22-11-3-4-13(21)12(20)8-11/h2-8,24H,9H2,1H3,(H,22,25)/b16-7-. The predicted octanol–water partition coefficient (Wildman–Crippen LogP) is 3.87. The second kappa shape index (κ2) is 8.54. The van der Waals surface area contributed by atoms with Gasteiger partial charge in [-0.2, -0.15) is 0 Å². The molecule has 0 bridgehead atoms. The number of phenolic OH excluding ortho intramolecular Hbond substituents is 1. The van der Waals surface area contributed by atoms with Crippen LogP contribution >= 0.6 is 23.4 Å². The first-order chi connectivity index (χ1) is 13.8. The number of hydrogen-bond acceptors (Lipinski definition) is 6. The van der Waals surface area contributed by atoms with Crippen molar-refractivity contribution >= 4 is 52.2 Å². The van der Waals surface area contributed by atoms with Crippen molar-refractivity contribution in [1.82, 2.24) is 4.90 Å². The van der Waals surface area contributed by atoms with Gasteiger partial charge < -0.3 is 15.2 Å². The van der Waals surface area contributed by atoms with E-state index in [0.29, 0.717) is 17.3 Å². The fraction of sp³-hybridized carbons (Fsp3) is 0.105. The number of carbonyl (C=O) groups is 3. The highest BCUT2D eigenvalue weighted by molar-refractivity contribution is 8.18. The molecule has 0 unspecified atom stereocenters. The van der Waals surface area contributed by atoms with Crippen LogP contribution < -0.4 is 10.1 Å². The molecule has 0 aliphatic carbocycles. The van der Waals surface area contributed by atoms with E-state index < -0.39 is 29.4 Å². The lowest BCUT2D eigenvalue weighted by Gasteiger charge is -2.12. The van der Waals surface area contributed by atoms with Gasteiger partial charge in [0.25, 0.3) is 11.1 Å². The van der Waals surface area contributed by atoms with Crippen molar-refractivity contribution in [2.45, 2.75) is 0 Å². The number of halogens is 2. The molecular formula is C19H14ClFN2O5S. The Hall–Kier alpha value is -3.04. The van der Waals surface area contributed by atoms with Gasteiger partial charge in [-0.1, -0.05) is 17.7 Å². The van der Waals surface area contributed by atoms with Gasteiger partial charge >= 0.3 is 0 Å². The van der Waals surface area contributed by atoms with Gasteiger partial charge in [0.05, 0.1) is 17.0 Å². The number of hydrogen-bond donors (Lipinski definition) is 2. The Morgan fingerprint density at radius 2 is 2.07 bits per heavy atom. The molecule has 0 spiro atoms. The van der Waals surface area contributed by atoms with Crippen LogP contribution in [0.4, 0.5) is 14.9 Å². The predicted molar refractivity (Wildman–Crippen MR) is 107 cm³/mol. The molecule has 7 nitrogen and oxygen atoms in total. The molecule has 1 fully saturated rings. The summed E-state index contributed by atoms with van der Waals surface area (Å²) in [5.41, 5.74) is 0.774. The molecule has 3 rings (SSSR count). The van der Waals surface area contributed by atoms with Crippen LogP contribution in [0.15, 0.2) is 41.3 Å². The Kier molecular flexibility index (Phi) is 6.09. The fourth-order valence-corrected chi connectivity index (χ4v) is 3.51. The van der Waals surface area contributed by atoms with Crippen molar-refractivity contribution in [1.29, 1.82) is 0 Å². The maximum atomic E-state index is 13.2. The van der Waals surface area contributed by atoms with Gasteiger partial charge in [0.1, 0.15) is 12.4 Å². The fourth-order valence-electron chi connectivity index (χ4n) is 2.49. The number of carbonyl (C=O) groups excluding carboxylic acids is 3. The number of amides is 3. The molecule has 1 saturated heterocycles. The summed E-state index contributed by atoms with van der Waals surface area (Å²) in [5.74, 6) is -1.74. The van der Waals surface area contributed by atoms with Crippen molar-refractivity contribution in [3.05, 3.63) is 57.7 Å². The van der Waals surface area contributed by atoms with Gasteiger partial charge in [-0.25, -0.2) is 4.39 Å². The maximum absolute atomic E-state index is 13.2. The maximum Gasteiger partial charge on any atom is 0.294 e. The number of anilines is 1. The third kappa shape index (κ3) is 4.69. The van der Waals surface area contributed by atoms with Crippen molar-refractivity contribution in [2.75, 3.05) is 19.0 Å². The zero-order valence-electron chi connectivity index (χ0n) is 14.9. The molecule has 10 heteroatoms. The van der Waals surface area contributed by atoms with Crippen LogP contribution in [-0.2, 0) is 9.59 Å². The van der Waals surface area contributed by atoms with Gasteiger partial charge in [-0.15, -0.1) is 0 Å². The number of ether oxygens (including phenoxy) is 1. The number of benzene rings is 2. The molecule has 2 N–H and O–H groups in total. The van der Waals surface area contributed by atoms with Crippen LogP contribution in [0.25, 0.3) is 6.08 Å². The monoisotopic (exact) mass is 436 g/mol. The number of nitrogens with zero attached hydrogens (tertiary/aromatic N) is 1. The number of phenols is 1. The topological polar surface area (TPSA) is 95.9 Å². The Morgan fingerprint density at radius 1 is 1.31 bits per heavy atom. The molecule has 29 heavy (non-hydrogen) atoms. The average Bonchev–Trinajstić information content (AvgIpc) is 2.93. The Labute approximate surface area is 174 Å². The zero-order valence-corrected chi connectivity index (χ0v) is 16.5. The molecule has 1 aliphatic heterocycles. The molecule has 3 amide bonds. The summed E-state index contributed by atoms with van der Waals surface area (Å²) >= 11 is 6.35. The van der Waals surface area contributed by atoms with E-state index in [2.05, 4.69) is 5.32 Å². The minimum atomic E-state index is -0.637. The third-order valence-electron chi connectivity index (χ3n) is 3.88. The summed E-state index contributed by atoms with van der Waals surface area (Å²) in [5, 5.41) is 11.3. The summed E-state index contributed by atoms with van der Waals surface area (Å²) in [7, 11) is 1.39. The summed E-state index contributed by atoms with van der Waals surface area (Å²) in [6, 6.07) is 8.08. The Balaban J connectivity index is 1.71. The first-order valence-electron chi connectivity index (χ1n) is 8.15. The normalized spacial score (nSPS) is 15.1. The first kappa shape index (κ1) is 20.7. The molecule has 1 aliphatic rings. The molecule has 0 radical (unpaired) electrons. The number of rotatable bonds is 5. The van der Waals surface area contributed by atoms with E-state index in [0.717, 1.165) is 11.0 Å². The number of nitrogens with one attached hydrogen (secondary N) is 1. The molecule has 2 aromatic carbocycles. The summed E-state index contributed by atoms with van der Waals surface area (Å²) < 4.78 is 18.2. The van der Waals surface area contributed by atoms with Gasteiger partial charge in [0.2, 0.25) is 5.91 Å². The van der Waals surface area contributed by atoms with Gasteiger partial charge in [-0.3, -0.25) is 19.3 Å². The number of methoxy groups -OCH3 is 1. The zero-order chi connectivity index (χ0) is 21.1. The average molecular weight is 437 g/mol. The molecule has 0 atom stereocenters. The number of aromatic hydroxyl groups is 1. The van der Waals surface area contributed by atoms with Gasteiger partial charge in [0, 0.05) is 5.69 Å². The smallest absolute Gasteiger partial charge is 0.294 e. The van der Waals surface area contributed by atoms with Crippen LogP contribution in [0.1, 0.15) is 5.56 Å². The Morgan fingerprint density at radius 3 is 2.76 bits per heavy atom. The van der Waals surface area contributed by atoms with E-state index in [9.17, 15) is 23.9 Å². The lowest BCUT2D eigenvalue weighted by Crippen LogP contribution is -2.36. The van der Waals surface area contributed by atoms with Crippen molar-refractivity contribution in [3.63, 3.8) is 0 Å². The van der Waals surface area contributed by atoms with Crippen LogP contribution in [0.5, 0.6) is 11.5 Å². The van der Waals surface area contributed by atoms with Gasteiger partial charge in [-0.05, 0) is 53.7 Å². The highest BCUT2D eigenvalue weighted by Crippen LogP contribution is 2.34. The quantitative estimate of drug-likeness (QED) is 0.691. The second-order valence-corrected chi connectivity index (χ2v) is 7.28. The van der Waals surface area contributed by atoms with Crippen molar-refractivity contribution in [3.8, 4) is 11.5 Å². The van der Waals surface area contributed by atoms with Crippen LogP contribution in [0, 0.1) is 5.82 Å². The third-order valence-corrected chi connectivity index (χ3v) is 5.08. The van der Waals surface area contributed by atoms with Crippen LogP contribution in [0.3, 0.4) is 0 Å². The lowest BCUT2D eigenvalue weighted by atomic mass is 10.2. The summed E-state index contributed by atoms with van der Waals surface area (Å²) in [4.78, 5) is 37.8. The molecule has 0 aromatic heterocycles. The minimum Gasteiger partial charge on any atom is -0.504 e. The highest BCUT2D eigenvalue weighted by Gasteiger charge is 2.36. The van der Waals surface area contributed by atoms with Crippen LogP contribution in [-0.4, -0.2) is 40.7 Å². The van der Waals surface area contributed by atoms with Crippen molar-refractivity contribution < 1.29 is 28.6 Å². The van der Waals surface area contributed by atoms with E-state index in [1.807, 2.05) is 0 Å². The second-order valence-electron chi connectivity index (χ2n) is 5.88. The first-order valence-corrected chi connectivity index (χ1v) is 9.35. The molecule has 2 aromatic rings. The largest absolute Gasteiger partial charge is 0.504 e. The van der Waals surface area contributed by atoms with E-state index in [1.54, 1.807) is 6.07 Å². The molecule has 0 saturated carbocycles. The summed E-state index contributed by atoms with van der Waals surface area (Å²) in [6.45, 7) is -0.504. The highest BCUT2D eigenvalue weighted by atomic mass is 35.5. The van der Waals surface area contributed by atoms with Crippen LogP contribution in [0.2, 0.25) is 5.02 Å². The number of thioether (sulfide) groups is 1. The molecular weight excluding hydrogens is 423 g/mol. The molecule has 150 valence electrons. The van der Waals surface area contributed by atoms with Crippen molar-refractivity contribution in [2.24, 2.45) is 0 Å². The van der Waals surface area contributed by atoms with E-state index in [4.69, 9.17) is 16.3 Å². The molecule has 1 heterocycles. The summed E-state index contributed by atoms with van der Waals surface area (Å²) in [6.07, 6.45) is 1.46. The van der Waals surface area contributed by atoms with E-state index in [1.165, 1.54) is 37.5 Å².